The molecule has 2 heterocycles. The van der Waals surface area contributed by atoms with E-state index in [0.717, 1.165) is 12.1 Å². The Kier molecular flexibility index (Phi) is 2.94. The Bertz CT molecular complexity index is 783. The fourth-order valence-corrected chi connectivity index (χ4v) is 2.11. The van der Waals surface area contributed by atoms with Crippen LogP contribution in [0.4, 0.5) is 14.7 Å². The molecule has 0 atom stereocenters. The molecular weight excluding hydrogens is 290 g/mol. The number of hydrogen-bond acceptors (Lipinski definition) is 4. The minimum Gasteiger partial charge on any atom is -0.452 e. The average molecular weight is 297 g/mol. The predicted octanol–water partition coefficient (Wildman–Crippen LogP) is 4.12. The molecule has 3 aromatic rings. The van der Waals surface area contributed by atoms with E-state index in [1.165, 1.54) is 12.3 Å². The number of nitrogens with two attached hydrogens (primary N) is 1. The smallest absolute Gasteiger partial charge is 0.230 e. The molecule has 2 aromatic heterocycles. The number of halogens is 3. The van der Waals surface area contributed by atoms with Crippen molar-refractivity contribution in [3.8, 4) is 22.4 Å². The molecule has 7 heteroatoms. The summed E-state index contributed by atoms with van der Waals surface area (Å²) < 4.78 is 36.7. The summed E-state index contributed by atoms with van der Waals surface area (Å²) >= 11 is 5.87. The largest absolute Gasteiger partial charge is 0.452 e. The van der Waals surface area contributed by atoms with Crippen LogP contribution in [0, 0.1) is 11.6 Å². The number of rotatable bonds is 2. The zero-order valence-corrected chi connectivity index (χ0v) is 10.6. The fourth-order valence-electron chi connectivity index (χ4n) is 1.90. The number of nitrogen functional groups attached to an aromatic ring is 1. The van der Waals surface area contributed by atoms with E-state index in [0.29, 0.717) is 5.56 Å². The molecule has 0 radical (unpaired) electrons. The highest BCUT2D eigenvalue weighted by atomic mass is 35.5. The first-order chi connectivity index (χ1) is 9.58. The number of hydrogen-bond donors (Lipinski definition) is 1. The van der Waals surface area contributed by atoms with E-state index >= 15 is 0 Å². The van der Waals surface area contributed by atoms with Crippen molar-refractivity contribution >= 4 is 17.5 Å². The van der Waals surface area contributed by atoms with E-state index in [2.05, 4.69) is 5.16 Å². The zero-order valence-electron chi connectivity index (χ0n) is 9.86. The highest BCUT2D eigenvalue weighted by Crippen LogP contribution is 2.40. The van der Waals surface area contributed by atoms with Gasteiger partial charge < -0.3 is 14.7 Å². The molecule has 0 amide bonds. The van der Waals surface area contributed by atoms with Crippen LogP contribution in [0.25, 0.3) is 22.4 Å². The van der Waals surface area contributed by atoms with Crippen LogP contribution in [0.15, 0.2) is 39.5 Å². The van der Waals surface area contributed by atoms with E-state index in [-0.39, 0.29) is 27.9 Å². The quantitative estimate of drug-likeness (QED) is 0.772. The molecule has 0 saturated carbocycles. The average Bonchev–Trinajstić information content (AvgIpc) is 2.96. The summed E-state index contributed by atoms with van der Waals surface area (Å²) in [6.45, 7) is 0. The molecule has 1 aromatic carbocycles. The monoisotopic (exact) mass is 296 g/mol. The molecule has 0 fully saturated rings. The lowest BCUT2D eigenvalue weighted by Gasteiger charge is -2.03. The van der Waals surface area contributed by atoms with Gasteiger partial charge in [0.15, 0.2) is 0 Å². The van der Waals surface area contributed by atoms with Crippen LogP contribution in [0.2, 0.25) is 5.22 Å². The van der Waals surface area contributed by atoms with E-state index in [9.17, 15) is 8.78 Å². The third kappa shape index (κ3) is 1.94. The number of furan rings is 1. The summed E-state index contributed by atoms with van der Waals surface area (Å²) in [6.07, 6.45) is 1.35. The van der Waals surface area contributed by atoms with Gasteiger partial charge in [0.2, 0.25) is 11.1 Å². The van der Waals surface area contributed by atoms with Gasteiger partial charge in [-0.2, -0.15) is 0 Å². The van der Waals surface area contributed by atoms with E-state index in [1.54, 1.807) is 6.07 Å². The molecule has 0 aliphatic carbocycles. The maximum atomic E-state index is 13.9. The van der Waals surface area contributed by atoms with Gasteiger partial charge in [0.1, 0.15) is 17.3 Å². The molecule has 0 aliphatic heterocycles. The Labute approximate surface area is 116 Å². The van der Waals surface area contributed by atoms with Crippen LogP contribution in [0.5, 0.6) is 0 Å². The molecule has 102 valence electrons. The van der Waals surface area contributed by atoms with Crippen LogP contribution < -0.4 is 5.73 Å². The third-order valence-electron chi connectivity index (χ3n) is 2.79. The van der Waals surface area contributed by atoms with Gasteiger partial charge in [0, 0.05) is 11.6 Å². The Balaban J connectivity index is 2.24. The summed E-state index contributed by atoms with van der Waals surface area (Å²) in [5.74, 6) is -1.56. The SMILES string of the molecule is Nc1onc(-c2ccoc2Cl)c1-c1ccc(F)cc1F. The second-order valence-corrected chi connectivity index (χ2v) is 4.35. The van der Waals surface area contributed by atoms with Gasteiger partial charge in [-0.3, -0.25) is 0 Å². The summed E-state index contributed by atoms with van der Waals surface area (Å²) in [5.41, 5.74) is 6.58. The van der Waals surface area contributed by atoms with Crippen LogP contribution in [0.1, 0.15) is 0 Å². The molecule has 3 rings (SSSR count). The lowest BCUT2D eigenvalue weighted by Crippen LogP contribution is -1.91. The lowest BCUT2D eigenvalue weighted by atomic mass is 10.0. The van der Waals surface area contributed by atoms with Gasteiger partial charge in [-0.05, 0) is 29.8 Å². The first-order valence-electron chi connectivity index (χ1n) is 5.52. The second-order valence-electron chi connectivity index (χ2n) is 4.00. The van der Waals surface area contributed by atoms with Crippen molar-refractivity contribution in [3.63, 3.8) is 0 Å². The second kappa shape index (κ2) is 4.64. The normalized spacial score (nSPS) is 10.9. The van der Waals surface area contributed by atoms with Crippen molar-refractivity contribution in [2.45, 2.75) is 0 Å². The van der Waals surface area contributed by atoms with E-state index in [1.807, 2.05) is 0 Å². The summed E-state index contributed by atoms with van der Waals surface area (Å²) in [6, 6.07) is 4.67. The lowest BCUT2D eigenvalue weighted by molar-refractivity contribution is 0.439. The highest BCUT2D eigenvalue weighted by molar-refractivity contribution is 6.31. The molecule has 0 bridgehead atoms. The van der Waals surface area contributed by atoms with Crippen molar-refractivity contribution in [3.05, 3.63) is 47.4 Å². The molecule has 2 N–H and O–H groups in total. The predicted molar refractivity (Wildman–Crippen MR) is 69.0 cm³/mol. The highest BCUT2D eigenvalue weighted by Gasteiger charge is 2.23. The Morgan fingerprint density at radius 2 is 1.95 bits per heavy atom. The Hall–Kier alpha value is -2.34. The topological polar surface area (TPSA) is 65.2 Å². The molecule has 4 nitrogen and oxygen atoms in total. The van der Waals surface area contributed by atoms with Crippen molar-refractivity contribution < 1.29 is 17.7 Å². The zero-order chi connectivity index (χ0) is 14.3. The van der Waals surface area contributed by atoms with Gasteiger partial charge in [0.05, 0.1) is 17.4 Å². The number of benzene rings is 1. The van der Waals surface area contributed by atoms with Crippen LogP contribution in [-0.2, 0) is 0 Å². The molecule has 0 spiro atoms. The van der Waals surface area contributed by atoms with Crippen molar-refractivity contribution in [2.24, 2.45) is 0 Å². The van der Waals surface area contributed by atoms with Crippen molar-refractivity contribution in [2.75, 3.05) is 5.73 Å². The Morgan fingerprint density at radius 3 is 2.60 bits per heavy atom. The summed E-state index contributed by atoms with van der Waals surface area (Å²) in [5, 5.41) is 3.83. The van der Waals surface area contributed by atoms with Crippen LogP contribution in [-0.4, -0.2) is 5.16 Å². The first kappa shape index (κ1) is 12.7. The van der Waals surface area contributed by atoms with Gasteiger partial charge in [-0.1, -0.05) is 5.16 Å². The van der Waals surface area contributed by atoms with Crippen molar-refractivity contribution in [1.29, 1.82) is 0 Å². The number of aromatic nitrogens is 1. The van der Waals surface area contributed by atoms with Crippen LogP contribution >= 0.6 is 11.6 Å². The van der Waals surface area contributed by atoms with Gasteiger partial charge in [-0.25, -0.2) is 8.78 Å². The van der Waals surface area contributed by atoms with Gasteiger partial charge in [0.25, 0.3) is 0 Å². The third-order valence-corrected chi connectivity index (χ3v) is 3.08. The van der Waals surface area contributed by atoms with Gasteiger partial charge >= 0.3 is 0 Å². The standard InChI is InChI=1S/C13H7ClF2N2O2/c14-12-8(3-4-19-12)11-10(13(17)20-18-11)7-2-1-6(15)5-9(7)16/h1-5H,17H2. The van der Waals surface area contributed by atoms with E-state index in [4.69, 9.17) is 26.3 Å². The van der Waals surface area contributed by atoms with Crippen molar-refractivity contribution in [1.82, 2.24) is 5.16 Å². The van der Waals surface area contributed by atoms with E-state index < -0.39 is 11.6 Å². The summed E-state index contributed by atoms with van der Waals surface area (Å²) in [4.78, 5) is 0. The summed E-state index contributed by atoms with van der Waals surface area (Å²) in [7, 11) is 0. The molecular formula is C13H7ClF2N2O2. The molecule has 0 aliphatic rings. The van der Waals surface area contributed by atoms with Crippen LogP contribution in [0.3, 0.4) is 0 Å². The minimum absolute atomic E-state index is 0.0671. The molecule has 20 heavy (non-hydrogen) atoms. The fraction of sp³-hybridized carbons (Fsp3) is 0. The first-order valence-corrected chi connectivity index (χ1v) is 5.89. The Morgan fingerprint density at radius 1 is 1.15 bits per heavy atom. The maximum Gasteiger partial charge on any atom is 0.230 e. The van der Waals surface area contributed by atoms with Gasteiger partial charge in [-0.15, -0.1) is 0 Å². The molecule has 0 saturated heterocycles. The molecule has 0 unspecified atom stereocenters. The number of anilines is 1. The maximum absolute atomic E-state index is 13.9. The number of nitrogens with zero attached hydrogens (tertiary/aromatic N) is 1. The minimum atomic E-state index is -0.777.